The maximum absolute atomic E-state index is 12.9. The van der Waals surface area contributed by atoms with Crippen molar-refractivity contribution in [3.63, 3.8) is 0 Å². The SMILES string of the molecule is Cc1ccc2c(c1)OC(C)(C)CC2NC(=O)c1ccc(N(C)S(C)(=O)=O)cc1Cl. The van der Waals surface area contributed by atoms with Crippen molar-refractivity contribution in [2.24, 2.45) is 0 Å². The molecule has 29 heavy (non-hydrogen) atoms. The Balaban J connectivity index is 1.87. The monoisotopic (exact) mass is 436 g/mol. The van der Waals surface area contributed by atoms with Gasteiger partial charge in [0.2, 0.25) is 10.0 Å². The maximum atomic E-state index is 12.9. The molecular formula is C21H25ClN2O4S. The largest absolute Gasteiger partial charge is 0.487 e. The molecule has 0 saturated heterocycles. The number of anilines is 1. The molecule has 1 N–H and O–H groups in total. The van der Waals surface area contributed by atoms with Crippen LogP contribution in [0.1, 0.15) is 47.8 Å². The summed E-state index contributed by atoms with van der Waals surface area (Å²) >= 11 is 6.31. The minimum atomic E-state index is -3.42. The minimum Gasteiger partial charge on any atom is -0.487 e. The average Bonchev–Trinajstić information content (AvgIpc) is 2.58. The Bertz CT molecular complexity index is 1070. The molecule has 156 valence electrons. The highest BCUT2D eigenvalue weighted by atomic mass is 35.5. The van der Waals surface area contributed by atoms with E-state index in [2.05, 4.69) is 5.32 Å². The summed E-state index contributed by atoms with van der Waals surface area (Å²) in [5, 5.41) is 3.24. The summed E-state index contributed by atoms with van der Waals surface area (Å²) in [4.78, 5) is 12.9. The van der Waals surface area contributed by atoms with Crippen LogP contribution in [-0.2, 0) is 10.0 Å². The highest BCUT2D eigenvalue weighted by molar-refractivity contribution is 7.92. The molecule has 2 aromatic rings. The van der Waals surface area contributed by atoms with Gasteiger partial charge in [0.15, 0.2) is 0 Å². The second kappa shape index (κ2) is 7.54. The standard InChI is InChI=1S/C21H25ClN2O4S/c1-13-6-8-16-18(12-21(2,3)28-19(16)10-13)23-20(25)15-9-7-14(11-17(15)22)24(4)29(5,26)27/h6-11,18H,12H2,1-5H3,(H,23,25). The minimum absolute atomic E-state index is 0.186. The molecule has 2 aromatic carbocycles. The summed E-state index contributed by atoms with van der Waals surface area (Å²) in [7, 11) is -1.98. The van der Waals surface area contributed by atoms with E-state index < -0.39 is 15.6 Å². The van der Waals surface area contributed by atoms with Gasteiger partial charge in [-0.05, 0) is 50.6 Å². The Hall–Kier alpha value is -2.25. The average molecular weight is 437 g/mol. The molecule has 8 heteroatoms. The van der Waals surface area contributed by atoms with Gasteiger partial charge in [-0.1, -0.05) is 23.7 Å². The van der Waals surface area contributed by atoms with Gasteiger partial charge in [-0.25, -0.2) is 8.42 Å². The number of benzene rings is 2. The molecule has 0 fully saturated rings. The van der Waals surface area contributed by atoms with Crippen LogP contribution >= 0.6 is 11.6 Å². The number of ether oxygens (including phenoxy) is 1. The number of sulfonamides is 1. The number of fused-ring (bicyclic) bond motifs is 1. The highest BCUT2D eigenvalue weighted by Gasteiger charge is 2.35. The zero-order valence-electron chi connectivity index (χ0n) is 17.1. The normalized spacial score (nSPS) is 17.8. The molecule has 1 amide bonds. The number of hydrogen-bond donors (Lipinski definition) is 1. The predicted octanol–water partition coefficient (Wildman–Crippen LogP) is 4.08. The van der Waals surface area contributed by atoms with Crippen LogP contribution in [0.5, 0.6) is 5.75 Å². The third-order valence-corrected chi connectivity index (χ3v) is 6.51. The van der Waals surface area contributed by atoms with Gasteiger partial charge in [0.1, 0.15) is 11.4 Å². The quantitative estimate of drug-likeness (QED) is 0.783. The number of carbonyl (C=O) groups excluding carboxylic acids is 1. The second-order valence-electron chi connectivity index (χ2n) is 8.03. The molecule has 3 rings (SSSR count). The molecule has 0 spiro atoms. The molecule has 0 saturated carbocycles. The Morgan fingerprint density at radius 1 is 1.24 bits per heavy atom. The third-order valence-electron chi connectivity index (χ3n) is 4.99. The number of rotatable bonds is 4. The van der Waals surface area contributed by atoms with Crippen LogP contribution < -0.4 is 14.4 Å². The van der Waals surface area contributed by atoms with Crippen molar-refractivity contribution in [2.45, 2.75) is 38.8 Å². The van der Waals surface area contributed by atoms with Crippen LogP contribution in [0.4, 0.5) is 5.69 Å². The van der Waals surface area contributed by atoms with Crippen LogP contribution in [0.3, 0.4) is 0 Å². The fourth-order valence-corrected chi connectivity index (χ4v) is 4.16. The lowest BCUT2D eigenvalue weighted by molar-refractivity contribution is 0.0619. The smallest absolute Gasteiger partial charge is 0.253 e. The predicted molar refractivity (Wildman–Crippen MR) is 115 cm³/mol. The lowest BCUT2D eigenvalue weighted by Gasteiger charge is -2.38. The molecule has 1 unspecified atom stereocenters. The number of amides is 1. The number of nitrogens with one attached hydrogen (secondary N) is 1. The summed E-state index contributed by atoms with van der Waals surface area (Å²) in [6.45, 7) is 5.97. The van der Waals surface area contributed by atoms with Crippen molar-refractivity contribution in [2.75, 3.05) is 17.6 Å². The van der Waals surface area contributed by atoms with E-state index >= 15 is 0 Å². The van der Waals surface area contributed by atoms with Crippen molar-refractivity contribution in [1.82, 2.24) is 5.32 Å². The first kappa shape index (κ1) is 21.5. The van der Waals surface area contributed by atoms with Gasteiger partial charge in [0, 0.05) is 19.0 Å². The van der Waals surface area contributed by atoms with Crippen LogP contribution in [0.25, 0.3) is 0 Å². The molecule has 0 bridgehead atoms. The summed E-state index contributed by atoms with van der Waals surface area (Å²) in [5.41, 5.74) is 2.26. The molecule has 0 aliphatic carbocycles. The molecule has 1 aliphatic heterocycles. The number of hydrogen-bond acceptors (Lipinski definition) is 4. The number of halogens is 1. The van der Waals surface area contributed by atoms with Crippen LogP contribution in [0, 0.1) is 6.92 Å². The van der Waals surface area contributed by atoms with Crippen molar-refractivity contribution >= 4 is 33.2 Å². The first-order chi connectivity index (χ1) is 13.4. The second-order valence-corrected chi connectivity index (χ2v) is 10.4. The van der Waals surface area contributed by atoms with Crippen molar-refractivity contribution < 1.29 is 17.9 Å². The Kier molecular flexibility index (Phi) is 5.58. The summed E-state index contributed by atoms with van der Waals surface area (Å²) in [5.74, 6) is 0.445. The van der Waals surface area contributed by atoms with E-state index in [1.807, 2.05) is 39.0 Å². The van der Waals surface area contributed by atoms with Gasteiger partial charge in [0.25, 0.3) is 5.91 Å². The molecule has 1 atom stereocenters. The zero-order valence-corrected chi connectivity index (χ0v) is 18.7. The van der Waals surface area contributed by atoms with Crippen molar-refractivity contribution in [3.05, 3.63) is 58.1 Å². The summed E-state index contributed by atoms with van der Waals surface area (Å²) in [6.07, 6.45) is 1.72. The fraction of sp³-hybridized carbons (Fsp3) is 0.381. The first-order valence-corrected chi connectivity index (χ1v) is 11.4. The van der Waals surface area contributed by atoms with Crippen LogP contribution in [0.15, 0.2) is 36.4 Å². The Morgan fingerprint density at radius 3 is 2.55 bits per heavy atom. The van der Waals surface area contributed by atoms with Gasteiger partial charge in [-0.15, -0.1) is 0 Å². The molecule has 0 radical (unpaired) electrons. The van der Waals surface area contributed by atoms with E-state index in [0.717, 1.165) is 27.4 Å². The van der Waals surface area contributed by atoms with E-state index in [1.165, 1.54) is 19.2 Å². The van der Waals surface area contributed by atoms with E-state index in [-0.39, 0.29) is 22.5 Å². The number of nitrogens with zero attached hydrogens (tertiary/aromatic N) is 1. The van der Waals surface area contributed by atoms with Gasteiger partial charge in [-0.2, -0.15) is 0 Å². The molecule has 1 aliphatic rings. The summed E-state index contributed by atoms with van der Waals surface area (Å²) < 4.78 is 30.6. The lowest BCUT2D eigenvalue weighted by atomic mass is 9.89. The van der Waals surface area contributed by atoms with E-state index in [4.69, 9.17) is 16.3 Å². The highest BCUT2D eigenvalue weighted by Crippen LogP contribution is 2.40. The molecule has 1 heterocycles. The van der Waals surface area contributed by atoms with Crippen LogP contribution in [-0.4, -0.2) is 33.2 Å². The number of aryl methyl sites for hydroxylation is 1. The molecule has 6 nitrogen and oxygen atoms in total. The van der Waals surface area contributed by atoms with Crippen molar-refractivity contribution in [1.29, 1.82) is 0 Å². The molecular weight excluding hydrogens is 412 g/mol. The van der Waals surface area contributed by atoms with Crippen LogP contribution in [0.2, 0.25) is 5.02 Å². The van der Waals surface area contributed by atoms with E-state index in [1.54, 1.807) is 6.07 Å². The zero-order chi connectivity index (χ0) is 21.6. The molecule has 0 aromatic heterocycles. The lowest BCUT2D eigenvalue weighted by Crippen LogP contribution is -2.41. The van der Waals surface area contributed by atoms with Gasteiger partial charge in [0.05, 0.1) is 28.6 Å². The van der Waals surface area contributed by atoms with Gasteiger partial charge < -0.3 is 10.1 Å². The number of carbonyl (C=O) groups is 1. The van der Waals surface area contributed by atoms with E-state index in [9.17, 15) is 13.2 Å². The summed E-state index contributed by atoms with van der Waals surface area (Å²) in [6, 6.07) is 10.3. The Labute approximate surface area is 176 Å². The topological polar surface area (TPSA) is 75.7 Å². The fourth-order valence-electron chi connectivity index (χ4n) is 3.40. The third kappa shape index (κ3) is 4.67. The van der Waals surface area contributed by atoms with Crippen molar-refractivity contribution in [3.8, 4) is 5.75 Å². The van der Waals surface area contributed by atoms with Gasteiger partial charge >= 0.3 is 0 Å². The maximum Gasteiger partial charge on any atom is 0.253 e. The van der Waals surface area contributed by atoms with E-state index in [0.29, 0.717) is 12.1 Å². The Morgan fingerprint density at radius 2 is 1.93 bits per heavy atom. The van der Waals surface area contributed by atoms with Gasteiger partial charge in [-0.3, -0.25) is 9.10 Å². The first-order valence-electron chi connectivity index (χ1n) is 9.21.